The third-order valence-corrected chi connectivity index (χ3v) is 2.76. The smallest absolute Gasteiger partial charge is 0.188 e. The van der Waals surface area contributed by atoms with Crippen LogP contribution in [0.3, 0.4) is 0 Å². The zero-order chi connectivity index (χ0) is 14.1. The molecule has 0 fully saturated rings. The van der Waals surface area contributed by atoms with E-state index in [2.05, 4.69) is 60.5 Å². The number of benzene rings is 1. The van der Waals surface area contributed by atoms with Gasteiger partial charge in [-0.1, -0.05) is 37.6 Å². The van der Waals surface area contributed by atoms with Crippen molar-refractivity contribution in [2.24, 2.45) is 10.7 Å². The molecule has 0 radical (unpaired) electrons. The van der Waals surface area contributed by atoms with E-state index in [9.17, 15) is 0 Å². The van der Waals surface area contributed by atoms with Crippen LogP contribution in [0.25, 0.3) is 0 Å². The summed E-state index contributed by atoms with van der Waals surface area (Å²) in [5.41, 5.74) is 8.31. The van der Waals surface area contributed by atoms with Gasteiger partial charge in [0, 0.05) is 13.1 Å². The average Bonchev–Trinajstić information content (AvgIpc) is 2.36. The van der Waals surface area contributed by atoms with Crippen LogP contribution < -0.4 is 11.1 Å². The van der Waals surface area contributed by atoms with Gasteiger partial charge in [-0.25, -0.2) is 4.99 Å². The van der Waals surface area contributed by atoms with Crippen molar-refractivity contribution in [3.8, 4) is 0 Å². The maximum absolute atomic E-state index is 5.81. The molecule has 0 aromatic heterocycles. The Balaban J connectivity index is 2.50. The molecular weight excluding hydrogens is 236 g/mol. The Morgan fingerprint density at radius 3 is 2.74 bits per heavy atom. The molecule has 106 valence electrons. The first-order chi connectivity index (χ1) is 9.11. The molecule has 0 aliphatic heterocycles. The summed E-state index contributed by atoms with van der Waals surface area (Å²) in [6.45, 7) is 4.63. The minimum Gasteiger partial charge on any atom is -0.370 e. The average molecular weight is 262 g/mol. The number of hydrogen-bond acceptors (Lipinski definition) is 2. The van der Waals surface area contributed by atoms with Crippen LogP contribution in [-0.4, -0.2) is 31.5 Å². The minimum atomic E-state index is 0.534. The lowest BCUT2D eigenvalue weighted by atomic mass is 10.1. The molecule has 4 nitrogen and oxygen atoms in total. The van der Waals surface area contributed by atoms with E-state index >= 15 is 0 Å². The summed E-state index contributed by atoms with van der Waals surface area (Å²) in [5.74, 6) is 0.534. The zero-order valence-electron chi connectivity index (χ0n) is 12.3. The van der Waals surface area contributed by atoms with Crippen molar-refractivity contribution in [2.75, 3.05) is 20.6 Å². The highest BCUT2D eigenvalue weighted by atomic mass is 15.1. The Morgan fingerprint density at radius 2 is 2.05 bits per heavy atom. The molecule has 3 N–H and O–H groups in total. The topological polar surface area (TPSA) is 53.6 Å². The van der Waals surface area contributed by atoms with Gasteiger partial charge >= 0.3 is 0 Å². The predicted molar refractivity (Wildman–Crippen MR) is 82.1 cm³/mol. The second-order valence-corrected chi connectivity index (χ2v) is 5.04. The van der Waals surface area contributed by atoms with Crippen LogP contribution >= 0.6 is 0 Å². The number of hydrogen-bond donors (Lipinski definition) is 2. The van der Waals surface area contributed by atoms with Crippen LogP contribution in [-0.2, 0) is 13.1 Å². The standard InChI is InChI=1S/C15H26N4/c1-4-5-9-17-15(16)18-11-13-7-6-8-14(10-13)12-19(2)3/h6-8,10H,4-5,9,11-12H2,1-3H3,(H3,16,17,18). The first-order valence-electron chi connectivity index (χ1n) is 6.88. The van der Waals surface area contributed by atoms with Gasteiger partial charge in [0.25, 0.3) is 0 Å². The van der Waals surface area contributed by atoms with E-state index in [-0.39, 0.29) is 0 Å². The van der Waals surface area contributed by atoms with Gasteiger partial charge in [-0.3, -0.25) is 0 Å². The van der Waals surface area contributed by atoms with Crippen molar-refractivity contribution in [1.29, 1.82) is 0 Å². The molecule has 0 unspecified atom stereocenters. The third-order valence-electron chi connectivity index (χ3n) is 2.76. The fourth-order valence-corrected chi connectivity index (χ4v) is 1.82. The molecule has 0 aliphatic rings. The molecule has 0 heterocycles. The SMILES string of the molecule is CCCCNC(N)=NCc1cccc(CN(C)C)c1. The molecule has 0 amide bonds. The Hall–Kier alpha value is -1.55. The van der Waals surface area contributed by atoms with Crippen LogP contribution in [0.5, 0.6) is 0 Å². The van der Waals surface area contributed by atoms with E-state index in [1.807, 2.05) is 0 Å². The molecule has 1 rings (SSSR count). The van der Waals surface area contributed by atoms with Gasteiger partial charge in [0.05, 0.1) is 6.54 Å². The molecule has 0 saturated carbocycles. The van der Waals surface area contributed by atoms with Crippen LogP contribution in [0.2, 0.25) is 0 Å². The van der Waals surface area contributed by atoms with Crippen molar-refractivity contribution in [1.82, 2.24) is 10.2 Å². The van der Waals surface area contributed by atoms with Gasteiger partial charge in [0.2, 0.25) is 0 Å². The van der Waals surface area contributed by atoms with E-state index in [0.717, 1.165) is 25.9 Å². The summed E-state index contributed by atoms with van der Waals surface area (Å²) < 4.78 is 0. The second kappa shape index (κ2) is 8.53. The molecule has 0 saturated heterocycles. The van der Waals surface area contributed by atoms with Crippen LogP contribution in [0.4, 0.5) is 0 Å². The summed E-state index contributed by atoms with van der Waals surface area (Å²) in [4.78, 5) is 6.51. The largest absolute Gasteiger partial charge is 0.370 e. The van der Waals surface area contributed by atoms with Gasteiger partial charge in [-0.2, -0.15) is 0 Å². The molecule has 0 atom stereocenters. The Bertz CT molecular complexity index is 399. The lowest BCUT2D eigenvalue weighted by Crippen LogP contribution is -2.32. The van der Waals surface area contributed by atoms with Gasteiger partial charge < -0.3 is 16.0 Å². The zero-order valence-corrected chi connectivity index (χ0v) is 12.3. The second-order valence-electron chi connectivity index (χ2n) is 5.04. The molecule has 0 bridgehead atoms. The van der Waals surface area contributed by atoms with Crippen LogP contribution in [0.1, 0.15) is 30.9 Å². The van der Waals surface area contributed by atoms with E-state index in [1.54, 1.807) is 0 Å². The lowest BCUT2D eigenvalue weighted by molar-refractivity contribution is 0.402. The van der Waals surface area contributed by atoms with Crippen molar-refractivity contribution >= 4 is 5.96 Å². The van der Waals surface area contributed by atoms with E-state index in [0.29, 0.717) is 12.5 Å². The minimum absolute atomic E-state index is 0.534. The lowest BCUT2D eigenvalue weighted by Gasteiger charge is -2.10. The van der Waals surface area contributed by atoms with Gasteiger partial charge in [0.1, 0.15) is 0 Å². The van der Waals surface area contributed by atoms with Crippen molar-refractivity contribution in [3.63, 3.8) is 0 Å². The van der Waals surface area contributed by atoms with Crippen LogP contribution in [0, 0.1) is 0 Å². The summed E-state index contributed by atoms with van der Waals surface area (Å²) in [5, 5.41) is 3.12. The number of guanidine groups is 1. The van der Waals surface area contributed by atoms with Gasteiger partial charge in [-0.15, -0.1) is 0 Å². The quantitative estimate of drug-likeness (QED) is 0.449. The van der Waals surface area contributed by atoms with Crippen LogP contribution in [0.15, 0.2) is 29.3 Å². The Kier molecular flexibility index (Phi) is 6.97. The predicted octanol–water partition coefficient (Wildman–Crippen LogP) is 1.95. The number of nitrogens with two attached hydrogens (primary N) is 1. The van der Waals surface area contributed by atoms with E-state index in [4.69, 9.17) is 5.73 Å². The molecule has 19 heavy (non-hydrogen) atoms. The van der Waals surface area contributed by atoms with Crippen molar-refractivity contribution in [3.05, 3.63) is 35.4 Å². The van der Waals surface area contributed by atoms with Gasteiger partial charge in [-0.05, 0) is 31.6 Å². The first-order valence-corrected chi connectivity index (χ1v) is 6.88. The number of rotatable bonds is 7. The van der Waals surface area contributed by atoms with E-state index in [1.165, 1.54) is 11.1 Å². The normalized spacial score (nSPS) is 11.9. The van der Waals surface area contributed by atoms with Gasteiger partial charge in [0.15, 0.2) is 5.96 Å². The summed E-state index contributed by atoms with van der Waals surface area (Å²) in [7, 11) is 4.14. The summed E-state index contributed by atoms with van der Waals surface area (Å²) in [6.07, 6.45) is 2.28. The fourth-order valence-electron chi connectivity index (χ4n) is 1.82. The Morgan fingerprint density at radius 1 is 1.32 bits per heavy atom. The number of unbranched alkanes of at least 4 members (excludes halogenated alkanes) is 1. The van der Waals surface area contributed by atoms with Crippen molar-refractivity contribution in [2.45, 2.75) is 32.9 Å². The highest BCUT2D eigenvalue weighted by Crippen LogP contribution is 2.08. The first kappa shape index (κ1) is 15.5. The van der Waals surface area contributed by atoms with E-state index < -0.39 is 0 Å². The summed E-state index contributed by atoms with van der Waals surface area (Å²) >= 11 is 0. The van der Waals surface area contributed by atoms with Crippen molar-refractivity contribution < 1.29 is 0 Å². The third kappa shape index (κ3) is 6.82. The molecule has 0 aliphatic carbocycles. The maximum Gasteiger partial charge on any atom is 0.188 e. The monoisotopic (exact) mass is 262 g/mol. The number of nitrogens with one attached hydrogen (secondary N) is 1. The summed E-state index contributed by atoms with van der Waals surface area (Å²) in [6, 6.07) is 8.48. The molecular formula is C15H26N4. The molecule has 4 heteroatoms. The molecule has 1 aromatic carbocycles. The number of nitrogens with zero attached hydrogens (tertiary/aromatic N) is 2. The molecule has 1 aromatic rings. The maximum atomic E-state index is 5.81. The highest BCUT2D eigenvalue weighted by molar-refractivity contribution is 5.77. The number of aliphatic imine (C=N–C) groups is 1. The Labute approximate surface area is 116 Å². The highest BCUT2D eigenvalue weighted by Gasteiger charge is 1.98. The molecule has 0 spiro atoms. The fraction of sp³-hybridized carbons (Fsp3) is 0.533.